The summed E-state index contributed by atoms with van der Waals surface area (Å²) < 4.78 is 0. The van der Waals surface area contributed by atoms with E-state index in [9.17, 15) is 0 Å². The molecule has 0 heterocycles. The molecular weight excluding hydrogens is 196 g/mol. The maximum absolute atomic E-state index is 3.39. The Morgan fingerprint density at radius 1 is 1.12 bits per heavy atom. The van der Waals surface area contributed by atoms with Crippen LogP contribution in [0.4, 0.5) is 0 Å². The molecule has 0 bridgehead atoms. The highest BCUT2D eigenvalue weighted by atomic mass is 14.9. The van der Waals surface area contributed by atoms with E-state index in [0.717, 1.165) is 13.0 Å². The van der Waals surface area contributed by atoms with Gasteiger partial charge in [0.15, 0.2) is 0 Å². The average molecular weight is 220 g/mol. The largest absolute Gasteiger partial charge is 0.320 e. The van der Waals surface area contributed by atoms with Crippen molar-refractivity contribution in [3.05, 3.63) is 35.4 Å². The van der Waals surface area contributed by atoms with Gasteiger partial charge < -0.3 is 10.6 Å². The Kier molecular flexibility index (Phi) is 6.12. The first-order valence-electron chi connectivity index (χ1n) is 6.22. The number of benzene rings is 1. The van der Waals surface area contributed by atoms with Gasteiger partial charge in [-0.2, -0.15) is 0 Å². The van der Waals surface area contributed by atoms with Gasteiger partial charge >= 0.3 is 0 Å². The summed E-state index contributed by atoms with van der Waals surface area (Å²) >= 11 is 0. The van der Waals surface area contributed by atoms with Crippen molar-refractivity contribution in [2.75, 3.05) is 20.6 Å². The number of hydrogen-bond donors (Lipinski definition) is 2. The van der Waals surface area contributed by atoms with E-state index in [1.54, 1.807) is 0 Å². The SMILES string of the molecule is CCc1ccc(C(CCCNC)NC)cc1. The number of hydrogen-bond acceptors (Lipinski definition) is 2. The number of rotatable bonds is 7. The summed E-state index contributed by atoms with van der Waals surface area (Å²) in [7, 11) is 4.04. The molecule has 1 aromatic carbocycles. The monoisotopic (exact) mass is 220 g/mol. The number of nitrogens with one attached hydrogen (secondary N) is 2. The molecule has 2 N–H and O–H groups in total. The van der Waals surface area contributed by atoms with Crippen LogP contribution in [-0.2, 0) is 6.42 Å². The third-order valence-electron chi connectivity index (χ3n) is 3.06. The molecule has 1 rings (SSSR count). The van der Waals surface area contributed by atoms with Gasteiger partial charge in [-0.05, 0) is 51.0 Å². The van der Waals surface area contributed by atoms with Crippen LogP contribution in [0.3, 0.4) is 0 Å². The molecule has 0 aliphatic rings. The lowest BCUT2D eigenvalue weighted by Gasteiger charge is -2.16. The second-order valence-electron chi connectivity index (χ2n) is 4.18. The Morgan fingerprint density at radius 2 is 1.81 bits per heavy atom. The Labute approximate surface area is 99.5 Å². The maximum atomic E-state index is 3.39. The molecular formula is C14H24N2. The lowest BCUT2D eigenvalue weighted by atomic mass is 10.00. The lowest BCUT2D eigenvalue weighted by molar-refractivity contribution is 0.518. The highest BCUT2D eigenvalue weighted by molar-refractivity contribution is 5.24. The minimum Gasteiger partial charge on any atom is -0.320 e. The molecule has 90 valence electrons. The summed E-state index contributed by atoms with van der Waals surface area (Å²) in [5, 5.41) is 6.58. The Balaban J connectivity index is 2.56. The molecule has 0 amide bonds. The fourth-order valence-corrected chi connectivity index (χ4v) is 1.95. The molecule has 0 aromatic heterocycles. The summed E-state index contributed by atoms with van der Waals surface area (Å²) in [4.78, 5) is 0. The Hall–Kier alpha value is -0.860. The van der Waals surface area contributed by atoms with Crippen LogP contribution in [0.5, 0.6) is 0 Å². The molecule has 2 heteroatoms. The second kappa shape index (κ2) is 7.42. The van der Waals surface area contributed by atoms with Crippen LogP contribution in [0.15, 0.2) is 24.3 Å². The van der Waals surface area contributed by atoms with Gasteiger partial charge in [0.05, 0.1) is 0 Å². The van der Waals surface area contributed by atoms with Gasteiger partial charge in [-0.1, -0.05) is 31.2 Å². The molecule has 16 heavy (non-hydrogen) atoms. The maximum Gasteiger partial charge on any atom is 0.0317 e. The van der Waals surface area contributed by atoms with Crippen molar-refractivity contribution in [2.45, 2.75) is 32.2 Å². The molecule has 2 nitrogen and oxygen atoms in total. The van der Waals surface area contributed by atoms with E-state index >= 15 is 0 Å². The van der Waals surface area contributed by atoms with Crippen molar-refractivity contribution in [2.24, 2.45) is 0 Å². The average Bonchev–Trinajstić information content (AvgIpc) is 2.35. The van der Waals surface area contributed by atoms with Gasteiger partial charge in [0, 0.05) is 6.04 Å². The number of aryl methyl sites for hydroxylation is 1. The zero-order chi connectivity index (χ0) is 11.8. The quantitative estimate of drug-likeness (QED) is 0.690. The molecule has 0 aliphatic carbocycles. The zero-order valence-electron chi connectivity index (χ0n) is 10.7. The van der Waals surface area contributed by atoms with E-state index in [4.69, 9.17) is 0 Å². The van der Waals surface area contributed by atoms with Gasteiger partial charge in [0.2, 0.25) is 0 Å². The minimum absolute atomic E-state index is 0.485. The fraction of sp³-hybridized carbons (Fsp3) is 0.571. The third kappa shape index (κ3) is 3.95. The third-order valence-corrected chi connectivity index (χ3v) is 3.06. The summed E-state index contributed by atoms with van der Waals surface area (Å²) in [5.41, 5.74) is 2.81. The summed E-state index contributed by atoms with van der Waals surface area (Å²) in [6.45, 7) is 3.28. The van der Waals surface area contributed by atoms with E-state index in [0.29, 0.717) is 6.04 Å². The minimum atomic E-state index is 0.485. The van der Waals surface area contributed by atoms with Crippen LogP contribution in [0.25, 0.3) is 0 Å². The standard InChI is InChI=1S/C14H24N2/c1-4-12-7-9-13(10-8-12)14(16-3)6-5-11-15-2/h7-10,14-16H,4-6,11H2,1-3H3. The van der Waals surface area contributed by atoms with Crippen molar-refractivity contribution >= 4 is 0 Å². The van der Waals surface area contributed by atoms with Gasteiger partial charge in [-0.25, -0.2) is 0 Å². The van der Waals surface area contributed by atoms with E-state index < -0.39 is 0 Å². The van der Waals surface area contributed by atoms with Gasteiger partial charge in [-0.15, -0.1) is 0 Å². The summed E-state index contributed by atoms with van der Waals surface area (Å²) in [5.74, 6) is 0. The molecule has 0 fully saturated rings. The van der Waals surface area contributed by atoms with Gasteiger partial charge in [0.1, 0.15) is 0 Å². The molecule has 0 saturated heterocycles. The van der Waals surface area contributed by atoms with Gasteiger partial charge in [0.25, 0.3) is 0 Å². The molecule has 0 spiro atoms. The van der Waals surface area contributed by atoms with Crippen LogP contribution in [0.1, 0.15) is 36.9 Å². The normalized spacial score (nSPS) is 12.7. The smallest absolute Gasteiger partial charge is 0.0317 e. The Morgan fingerprint density at radius 3 is 2.31 bits per heavy atom. The van der Waals surface area contributed by atoms with Crippen molar-refractivity contribution < 1.29 is 0 Å². The van der Waals surface area contributed by atoms with Crippen LogP contribution >= 0.6 is 0 Å². The fourth-order valence-electron chi connectivity index (χ4n) is 1.95. The molecule has 1 aromatic rings. The van der Waals surface area contributed by atoms with Crippen molar-refractivity contribution in [1.82, 2.24) is 10.6 Å². The van der Waals surface area contributed by atoms with Gasteiger partial charge in [-0.3, -0.25) is 0 Å². The predicted molar refractivity (Wildman–Crippen MR) is 70.8 cm³/mol. The highest BCUT2D eigenvalue weighted by Gasteiger charge is 2.07. The Bertz CT molecular complexity index is 279. The first-order valence-corrected chi connectivity index (χ1v) is 6.22. The topological polar surface area (TPSA) is 24.1 Å². The predicted octanol–water partition coefficient (Wildman–Crippen LogP) is 2.51. The van der Waals surface area contributed by atoms with Crippen LogP contribution in [0, 0.1) is 0 Å². The van der Waals surface area contributed by atoms with Crippen molar-refractivity contribution in [3.8, 4) is 0 Å². The van der Waals surface area contributed by atoms with Crippen molar-refractivity contribution in [3.63, 3.8) is 0 Å². The lowest BCUT2D eigenvalue weighted by Crippen LogP contribution is -2.18. The first-order chi connectivity index (χ1) is 7.81. The highest BCUT2D eigenvalue weighted by Crippen LogP contribution is 2.18. The second-order valence-corrected chi connectivity index (χ2v) is 4.18. The van der Waals surface area contributed by atoms with E-state index in [1.807, 2.05) is 14.1 Å². The molecule has 0 aliphatic heterocycles. The van der Waals surface area contributed by atoms with Crippen LogP contribution < -0.4 is 10.6 Å². The zero-order valence-corrected chi connectivity index (χ0v) is 10.7. The van der Waals surface area contributed by atoms with Crippen LogP contribution in [0.2, 0.25) is 0 Å². The molecule has 1 atom stereocenters. The van der Waals surface area contributed by atoms with E-state index in [2.05, 4.69) is 41.8 Å². The molecule has 0 saturated carbocycles. The van der Waals surface area contributed by atoms with E-state index in [-0.39, 0.29) is 0 Å². The van der Waals surface area contributed by atoms with E-state index in [1.165, 1.54) is 24.0 Å². The molecule has 1 unspecified atom stereocenters. The van der Waals surface area contributed by atoms with Crippen molar-refractivity contribution in [1.29, 1.82) is 0 Å². The first kappa shape index (κ1) is 13.2. The van der Waals surface area contributed by atoms with Crippen LogP contribution in [-0.4, -0.2) is 20.6 Å². The summed E-state index contributed by atoms with van der Waals surface area (Å²) in [6.07, 6.45) is 3.50. The summed E-state index contributed by atoms with van der Waals surface area (Å²) in [6, 6.07) is 9.45. The molecule has 0 radical (unpaired) electrons.